The number of amides is 2. The van der Waals surface area contributed by atoms with Crippen LogP contribution in [0.5, 0.6) is 0 Å². The molecule has 5 heteroatoms. The van der Waals surface area contributed by atoms with Crippen LogP contribution < -0.4 is 5.32 Å². The Morgan fingerprint density at radius 3 is 2.61 bits per heavy atom. The van der Waals surface area contributed by atoms with E-state index in [0.717, 1.165) is 30.5 Å². The van der Waals surface area contributed by atoms with Crippen LogP contribution in [-0.4, -0.2) is 40.8 Å². The molecule has 0 spiro atoms. The summed E-state index contributed by atoms with van der Waals surface area (Å²) < 4.78 is 0. The fourth-order valence-electron chi connectivity index (χ4n) is 3.74. The maximum Gasteiger partial charge on any atom is 0.242 e. The number of likely N-dealkylation sites (tertiary alicyclic amines) is 1. The van der Waals surface area contributed by atoms with E-state index in [9.17, 15) is 9.59 Å². The molecule has 1 N–H and O–H groups in total. The van der Waals surface area contributed by atoms with Gasteiger partial charge in [-0.05, 0) is 37.0 Å². The number of carbonyl (C=O) groups excluding carboxylic acids is 2. The van der Waals surface area contributed by atoms with E-state index >= 15 is 0 Å². The Labute approximate surface area is 167 Å². The van der Waals surface area contributed by atoms with Crippen LogP contribution in [0.3, 0.4) is 0 Å². The van der Waals surface area contributed by atoms with Crippen molar-refractivity contribution in [2.75, 3.05) is 13.1 Å². The van der Waals surface area contributed by atoms with E-state index in [2.05, 4.69) is 22.4 Å². The van der Waals surface area contributed by atoms with E-state index in [1.807, 2.05) is 50.2 Å². The lowest BCUT2D eigenvalue weighted by molar-refractivity contribution is -0.141. The van der Waals surface area contributed by atoms with Crippen LogP contribution >= 0.6 is 0 Å². The first-order chi connectivity index (χ1) is 13.6. The van der Waals surface area contributed by atoms with Crippen molar-refractivity contribution in [3.8, 4) is 0 Å². The van der Waals surface area contributed by atoms with Gasteiger partial charge in [-0.1, -0.05) is 50.2 Å². The average molecular weight is 380 g/mol. The summed E-state index contributed by atoms with van der Waals surface area (Å²) in [5.41, 5.74) is 2.04. The highest BCUT2D eigenvalue weighted by Gasteiger charge is 2.35. The molecule has 0 saturated carbocycles. The molecule has 1 fully saturated rings. The maximum absolute atomic E-state index is 12.9. The normalized spacial score (nSPS) is 18.5. The second-order valence-electron chi connectivity index (χ2n) is 7.46. The number of nitrogens with zero attached hydrogens (tertiary/aromatic N) is 2. The molecule has 28 heavy (non-hydrogen) atoms. The molecule has 3 rings (SSSR count). The van der Waals surface area contributed by atoms with Gasteiger partial charge in [-0.2, -0.15) is 0 Å². The third-order valence-electron chi connectivity index (χ3n) is 5.60. The number of hydrogen-bond donors (Lipinski definition) is 1. The average Bonchev–Trinajstić information content (AvgIpc) is 3.24. The third kappa shape index (κ3) is 4.58. The summed E-state index contributed by atoms with van der Waals surface area (Å²) >= 11 is 0. The number of pyridine rings is 1. The highest BCUT2D eigenvalue weighted by molar-refractivity contribution is 5.89. The Kier molecular flexibility index (Phi) is 6.80. The third-order valence-corrected chi connectivity index (χ3v) is 5.60. The van der Waals surface area contributed by atoms with Crippen LogP contribution in [0.1, 0.15) is 50.3 Å². The van der Waals surface area contributed by atoms with E-state index in [1.165, 1.54) is 0 Å². The van der Waals surface area contributed by atoms with E-state index in [1.54, 1.807) is 11.1 Å². The van der Waals surface area contributed by atoms with Gasteiger partial charge in [0.15, 0.2) is 0 Å². The van der Waals surface area contributed by atoms with E-state index in [4.69, 9.17) is 0 Å². The Morgan fingerprint density at radius 1 is 1.18 bits per heavy atom. The van der Waals surface area contributed by atoms with Gasteiger partial charge in [0.05, 0.1) is 0 Å². The summed E-state index contributed by atoms with van der Waals surface area (Å²) in [6.07, 6.45) is 4.17. The number of aromatic nitrogens is 1. The van der Waals surface area contributed by atoms with Crippen LogP contribution in [0.2, 0.25) is 0 Å². The molecule has 3 atom stereocenters. The molecule has 2 aromatic rings. The number of carbonyl (C=O) groups is 2. The minimum absolute atomic E-state index is 0.0218. The fourth-order valence-corrected chi connectivity index (χ4v) is 3.74. The van der Waals surface area contributed by atoms with Crippen molar-refractivity contribution in [3.63, 3.8) is 0 Å². The standard InChI is InChI=1S/C23H29N3O2/c1-3-17(2)23(28)26-15-9-13-21(26)22(27)25-16-19(18-10-5-4-6-11-18)20-12-7-8-14-24-20/h4-8,10-12,14,17,19,21H,3,9,13,15-16H2,1-2H3,(H,25,27)/t17-,19-,21?/m0/s1. The van der Waals surface area contributed by atoms with Crippen LogP contribution in [-0.2, 0) is 9.59 Å². The quantitative estimate of drug-likeness (QED) is 0.802. The number of hydrogen-bond acceptors (Lipinski definition) is 3. The summed E-state index contributed by atoms with van der Waals surface area (Å²) in [5.74, 6) is -0.0408. The molecule has 2 heterocycles. The van der Waals surface area contributed by atoms with Gasteiger partial charge in [0.1, 0.15) is 6.04 Å². The molecule has 0 aliphatic carbocycles. The molecule has 0 bridgehead atoms. The molecule has 1 unspecified atom stereocenters. The second kappa shape index (κ2) is 9.49. The van der Waals surface area contributed by atoms with Crippen LogP contribution in [0.4, 0.5) is 0 Å². The predicted octanol–water partition coefficient (Wildman–Crippen LogP) is 3.37. The molecule has 1 aromatic carbocycles. The van der Waals surface area contributed by atoms with E-state index in [-0.39, 0.29) is 29.7 Å². The maximum atomic E-state index is 12.9. The molecule has 5 nitrogen and oxygen atoms in total. The lowest BCUT2D eigenvalue weighted by Crippen LogP contribution is -2.48. The zero-order valence-corrected chi connectivity index (χ0v) is 16.7. The monoisotopic (exact) mass is 379 g/mol. The Bertz CT molecular complexity index is 739. The Balaban J connectivity index is 1.71. The summed E-state index contributed by atoms with van der Waals surface area (Å²) in [7, 11) is 0. The van der Waals surface area contributed by atoms with Crippen molar-refractivity contribution >= 4 is 11.8 Å². The van der Waals surface area contributed by atoms with Gasteiger partial charge in [0, 0.05) is 36.8 Å². The van der Waals surface area contributed by atoms with Crippen LogP contribution in [0.25, 0.3) is 0 Å². The Morgan fingerprint density at radius 2 is 1.93 bits per heavy atom. The first-order valence-electron chi connectivity index (χ1n) is 10.2. The molecule has 0 radical (unpaired) electrons. The van der Waals surface area contributed by atoms with Crippen molar-refractivity contribution in [2.45, 2.75) is 45.1 Å². The lowest BCUT2D eigenvalue weighted by atomic mass is 9.95. The smallest absolute Gasteiger partial charge is 0.242 e. The second-order valence-corrected chi connectivity index (χ2v) is 7.46. The molecule has 1 aromatic heterocycles. The summed E-state index contributed by atoms with van der Waals surface area (Å²) in [6, 6.07) is 15.6. The highest BCUT2D eigenvalue weighted by Crippen LogP contribution is 2.24. The van der Waals surface area contributed by atoms with Gasteiger partial charge in [-0.3, -0.25) is 14.6 Å². The molecular formula is C23H29N3O2. The van der Waals surface area contributed by atoms with Crippen molar-refractivity contribution in [2.24, 2.45) is 5.92 Å². The van der Waals surface area contributed by atoms with Crippen molar-refractivity contribution in [3.05, 3.63) is 66.0 Å². The minimum Gasteiger partial charge on any atom is -0.353 e. The zero-order valence-electron chi connectivity index (χ0n) is 16.7. The number of nitrogens with one attached hydrogen (secondary N) is 1. The molecule has 2 amide bonds. The molecule has 1 aliphatic heterocycles. The minimum atomic E-state index is -0.360. The van der Waals surface area contributed by atoms with E-state index < -0.39 is 0 Å². The molecule has 1 saturated heterocycles. The fraction of sp³-hybridized carbons (Fsp3) is 0.435. The summed E-state index contributed by atoms with van der Waals surface area (Å²) in [5, 5.41) is 3.09. The molecule has 1 aliphatic rings. The van der Waals surface area contributed by atoms with Crippen LogP contribution in [0.15, 0.2) is 54.7 Å². The first kappa shape index (κ1) is 20.1. The highest BCUT2D eigenvalue weighted by atomic mass is 16.2. The Hall–Kier alpha value is -2.69. The number of benzene rings is 1. The van der Waals surface area contributed by atoms with E-state index in [0.29, 0.717) is 13.1 Å². The van der Waals surface area contributed by atoms with Crippen molar-refractivity contribution in [1.82, 2.24) is 15.2 Å². The van der Waals surface area contributed by atoms with Gasteiger partial charge >= 0.3 is 0 Å². The largest absolute Gasteiger partial charge is 0.353 e. The van der Waals surface area contributed by atoms with Gasteiger partial charge < -0.3 is 10.2 Å². The number of rotatable bonds is 7. The van der Waals surface area contributed by atoms with Gasteiger partial charge in [0.25, 0.3) is 0 Å². The topological polar surface area (TPSA) is 62.3 Å². The van der Waals surface area contributed by atoms with Crippen LogP contribution in [0, 0.1) is 5.92 Å². The van der Waals surface area contributed by atoms with Crippen molar-refractivity contribution < 1.29 is 9.59 Å². The van der Waals surface area contributed by atoms with Crippen molar-refractivity contribution in [1.29, 1.82) is 0 Å². The first-order valence-corrected chi connectivity index (χ1v) is 10.2. The summed E-state index contributed by atoms with van der Waals surface area (Å²) in [4.78, 5) is 31.8. The van der Waals surface area contributed by atoms with Gasteiger partial charge in [0.2, 0.25) is 11.8 Å². The van der Waals surface area contributed by atoms with Gasteiger partial charge in [-0.15, -0.1) is 0 Å². The van der Waals surface area contributed by atoms with Gasteiger partial charge in [-0.25, -0.2) is 0 Å². The SMILES string of the molecule is CC[C@H](C)C(=O)N1CCCC1C(=O)NC[C@@H](c1ccccc1)c1ccccn1. The lowest BCUT2D eigenvalue weighted by Gasteiger charge is -2.27. The predicted molar refractivity (Wildman–Crippen MR) is 110 cm³/mol. The zero-order chi connectivity index (χ0) is 19.9. The summed E-state index contributed by atoms with van der Waals surface area (Å²) in [6.45, 7) is 5.07. The molecular weight excluding hydrogens is 350 g/mol. The molecule has 148 valence electrons.